The van der Waals surface area contributed by atoms with Crippen molar-refractivity contribution in [3.8, 4) is 0 Å². The first kappa shape index (κ1) is 16.8. The molecule has 1 aliphatic heterocycles. The van der Waals surface area contributed by atoms with Gasteiger partial charge in [0, 0.05) is 6.54 Å². The lowest BCUT2D eigenvalue weighted by molar-refractivity contribution is -0.0511. The number of allylic oxidation sites excluding steroid dienone is 1. The molecule has 9 nitrogen and oxygen atoms in total. The van der Waals surface area contributed by atoms with Gasteiger partial charge in [0.05, 0.1) is 12.9 Å². The molecule has 0 saturated carbocycles. The summed E-state index contributed by atoms with van der Waals surface area (Å²) in [4.78, 5) is 12.7. The molecule has 1 fully saturated rings. The maximum atomic E-state index is 10.2. The Balaban J connectivity index is 1.90. The second-order valence-corrected chi connectivity index (χ2v) is 5.94. The maximum absolute atomic E-state index is 10.2. The largest absolute Gasteiger partial charge is 0.394 e. The highest BCUT2D eigenvalue weighted by Gasteiger charge is 2.43. The number of fused-ring (bicyclic) bond motifs is 1. The van der Waals surface area contributed by atoms with E-state index in [0.29, 0.717) is 23.5 Å². The molecule has 0 amide bonds. The fourth-order valence-corrected chi connectivity index (χ4v) is 2.63. The third-order valence-corrected chi connectivity index (χ3v) is 3.93. The fourth-order valence-electron chi connectivity index (χ4n) is 2.63. The Labute approximate surface area is 138 Å². The van der Waals surface area contributed by atoms with E-state index in [1.54, 1.807) is 0 Å². The van der Waals surface area contributed by atoms with Gasteiger partial charge in [-0.05, 0) is 13.8 Å². The number of ether oxygens (including phenoxy) is 1. The van der Waals surface area contributed by atoms with Crippen LogP contribution in [0.4, 0.5) is 5.82 Å². The summed E-state index contributed by atoms with van der Waals surface area (Å²) in [7, 11) is 0. The monoisotopic (exact) mass is 335 g/mol. The lowest BCUT2D eigenvalue weighted by Crippen LogP contribution is -2.33. The topological polar surface area (TPSA) is 126 Å². The average molecular weight is 335 g/mol. The summed E-state index contributed by atoms with van der Waals surface area (Å²) in [6, 6.07) is 0. The van der Waals surface area contributed by atoms with Crippen molar-refractivity contribution in [2.75, 3.05) is 18.5 Å². The van der Waals surface area contributed by atoms with Gasteiger partial charge in [0.15, 0.2) is 23.2 Å². The first-order valence-electron chi connectivity index (χ1n) is 7.70. The molecule has 24 heavy (non-hydrogen) atoms. The van der Waals surface area contributed by atoms with E-state index in [1.165, 1.54) is 22.8 Å². The summed E-state index contributed by atoms with van der Waals surface area (Å²) in [5.41, 5.74) is 2.20. The molecule has 1 saturated heterocycles. The van der Waals surface area contributed by atoms with Crippen LogP contribution in [-0.2, 0) is 4.74 Å². The van der Waals surface area contributed by atoms with E-state index in [4.69, 9.17) is 4.74 Å². The third-order valence-electron chi connectivity index (χ3n) is 3.93. The summed E-state index contributed by atoms with van der Waals surface area (Å²) >= 11 is 0. The van der Waals surface area contributed by atoms with Gasteiger partial charge < -0.3 is 25.4 Å². The van der Waals surface area contributed by atoms with E-state index in [0.717, 1.165) is 0 Å². The predicted molar refractivity (Wildman–Crippen MR) is 86.3 cm³/mol. The quantitative estimate of drug-likeness (QED) is 0.554. The Morgan fingerprint density at radius 2 is 2.08 bits per heavy atom. The molecule has 130 valence electrons. The lowest BCUT2D eigenvalue weighted by Gasteiger charge is -2.16. The van der Waals surface area contributed by atoms with Crippen molar-refractivity contribution in [2.24, 2.45) is 0 Å². The molecule has 0 spiro atoms. The summed E-state index contributed by atoms with van der Waals surface area (Å²) in [6.07, 6.45) is 0.823. The highest BCUT2D eigenvalue weighted by atomic mass is 16.6. The van der Waals surface area contributed by atoms with E-state index < -0.39 is 24.5 Å². The van der Waals surface area contributed by atoms with E-state index in [-0.39, 0.29) is 6.61 Å². The van der Waals surface area contributed by atoms with Gasteiger partial charge in [0.1, 0.15) is 24.6 Å². The number of nitrogens with zero attached hydrogens (tertiary/aromatic N) is 4. The van der Waals surface area contributed by atoms with Crippen molar-refractivity contribution in [1.29, 1.82) is 0 Å². The number of aliphatic hydroxyl groups is 3. The van der Waals surface area contributed by atoms with E-state index in [2.05, 4.69) is 20.3 Å². The smallest absolute Gasteiger partial charge is 0.167 e. The van der Waals surface area contributed by atoms with Crippen LogP contribution < -0.4 is 5.32 Å². The minimum Gasteiger partial charge on any atom is -0.394 e. The fraction of sp³-hybridized carbons (Fsp3) is 0.533. The highest BCUT2D eigenvalue weighted by Crippen LogP contribution is 2.31. The second-order valence-electron chi connectivity index (χ2n) is 5.94. The molecule has 9 heteroatoms. The van der Waals surface area contributed by atoms with Crippen molar-refractivity contribution in [2.45, 2.75) is 38.4 Å². The number of nitrogens with one attached hydrogen (secondary N) is 1. The molecule has 3 rings (SSSR count). The second kappa shape index (κ2) is 6.81. The summed E-state index contributed by atoms with van der Waals surface area (Å²) in [5.74, 6) is 0.572. The molecular formula is C15H21N5O4. The summed E-state index contributed by atoms with van der Waals surface area (Å²) in [6.45, 7) is 4.24. The minimum atomic E-state index is -1.18. The van der Waals surface area contributed by atoms with Crippen LogP contribution in [0.3, 0.4) is 0 Å². The van der Waals surface area contributed by atoms with Crippen molar-refractivity contribution < 1.29 is 20.1 Å². The summed E-state index contributed by atoms with van der Waals surface area (Å²) in [5, 5.41) is 32.4. The predicted octanol–water partition coefficient (Wildman–Crippen LogP) is -0.184. The third kappa shape index (κ3) is 2.98. The number of hydrogen-bond donors (Lipinski definition) is 4. The zero-order valence-electron chi connectivity index (χ0n) is 13.5. The summed E-state index contributed by atoms with van der Waals surface area (Å²) < 4.78 is 7.06. The van der Waals surface area contributed by atoms with Crippen LogP contribution in [0.2, 0.25) is 0 Å². The standard InChI is InChI=1S/C15H21N5O4/c1-8(2)3-4-16-13-10-14(18-6-17-13)20(7-19-10)15-12(23)11(22)9(5-21)24-15/h3,6-7,9,11-12,15,21-23H,4-5H2,1-2H3,(H,16,17,18)/t9-,11-,12+,15+/m1/s1. The SMILES string of the molecule is CC(C)=CCNc1ncnc2c1ncn2[C@H]1O[C@H](CO)[C@@H](O)[C@@H]1O. The molecular weight excluding hydrogens is 314 g/mol. The molecule has 0 aromatic carbocycles. The van der Waals surface area contributed by atoms with Gasteiger partial charge >= 0.3 is 0 Å². The van der Waals surface area contributed by atoms with Crippen molar-refractivity contribution >= 4 is 17.0 Å². The Bertz CT molecular complexity index is 743. The van der Waals surface area contributed by atoms with Crippen molar-refractivity contribution in [3.05, 3.63) is 24.3 Å². The van der Waals surface area contributed by atoms with Gasteiger partial charge in [0.2, 0.25) is 0 Å². The molecule has 0 aliphatic carbocycles. The molecule has 0 radical (unpaired) electrons. The normalized spacial score (nSPS) is 26.7. The number of anilines is 1. The zero-order valence-corrected chi connectivity index (χ0v) is 13.5. The molecule has 2 aromatic heterocycles. The molecule has 3 heterocycles. The number of aromatic nitrogens is 4. The molecule has 4 N–H and O–H groups in total. The van der Waals surface area contributed by atoms with Gasteiger partial charge in [-0.2, -0.15) is 0 Å². The van der Waals surface area contributed by atoms with Gasteiger partial charge in [-0.3, -0.25) is 4.57 Å². The molecule has 0 unspecified atom stereocenters. The van der Waals surface area contributed by atoms with Crippen LogP contribution in [0, 0.1) is 0 Å². The van der Waals surface area contributed by atoms with Gasteiger partial charge in [0.25, 0.3) is 0 Å². The molecule has 1 aliphatic rings. The van der Waals surface area contributed by atoms with E-state index in [9.17, 15) is 15.3 Å². The van der Waals surface area contributed by atoms with Crippen molar-refractivity contribution in [3.63, 3.8) is 0 Å². The maximum Gasteiger partial charge on any atom is 0.167 e. The van der Waals surface area contributed by atoms with Crippen LogP contribution in [-0.4, -0.2) is 66.3 Å². The van der Waals surface area contributed by atoms with Crippen LogP contribution in [0.15, 0.2) is 24.3 Å². The Morgan fingerprint density at radius 3 is 2.75 bits per heavy atom. The minimum absolute atomic E-state index is 0.383. The lowest BCUT2D eigenvalue weighted by atomic mass is 10.1. The number of imidazole rings is 1. The Morgan fingerprint density at radius 1 is 1.29 bits per heavy atom. The van der Waals surface area contributed by atoms with Crippen LogP contribution in [0.1, 0.15) is 20.1 Å². The first-order valence-corrected chi connectivity index (χ1v) is 7.70. The van der Waals surface area contributed by atoms with Gasteiger partial charge in [-0.15, -0.1) is 0 Å². The van der Waals surface area contributed by atoms with Gasteiger partial charge in [-0.25, -0.2) is 15.0 Å². The highest BCUT2D eigenvalue weighted by molar-refractivity contribution is 5.82. The molecule has 4 atom stereocenters. The number of hydrogen-bond acceptors (Lipinski definition) is 8. The van der Waals surface area contributed by atoms with E-state index in [1.807, 2.05) is 19.9 Å². The first-order chi connectivity index (χ1) is 11.5. The number of aliphatic hydroxyl groups excluding tert-OH is 3. The van der Waals surface area contributed by atoms with Crippen molar-refractivity contribution in [1.82, 2.24) is 19.5 Å². The van der Waals surface area contributed by atoms with Crippen LogP contribution in [0.5, 0.6) is 0 Å². The molecule has 2 aromatic rings. The number of rotatable bonds is 5. The Hall–Kier alpha value is -2.07. The van der Waals surface area contributed by atoms with Crippen LogP contribution in [0.25, 0.3) is 11.2 Å². The molecule has 0 bridgehead atoms. The average Bonchev–Trinajstić information content (AvgIpc) is 3.10. The Kier molecular flexibility index (Phi) is 4.76. The van der Waals surface area contributed by atoms with Crippen LogP contribution >= 0.6 is 0 Å². The van der Waals surface area contributed by atoms with Gasteiger partial charge in [-0.1, -0.05) is 11.6 Å². The zero-order chi connectivity index (χ0) is 17.3. The van der Waals surface area contributed by atoms with E-state index >= 15 is 0 Å².